The maximum atomic E-state index is 12.3. The first kappa shape index (κ1) is 24.5. The van der Waals surface area contributed by atoms with E-state index in [1.807, 2.05) is 30.3 Å². The number of methoxy groups -OCH3 is 2. The largest absolute Gasteiger partial charge is 0.497 e. The van der Waals surface area contributed by atoms with Crippen LogP contribution in [0.5, 0.6) is 11.5 Å². The van der Waals surface area contributed by atoms with Gasteiger partial charge in [0.15, 0.2) is 0 Å². The zero-order valence-electron chi connectivity index (χ0n) is 18.2. The molecule has 0 saturated heterocycles. The Morgan fingerprint density at radius 2 is 1.81 bits per heavy atom. The van der Waals surface area contributed by atoms with E-state index in [1.54, 1.807) is 18.2 Å². The number of carbonyl (C=O) groups excluding carboxylic acids is 1. The van der Waals surface area contributed by atoms with E-state index >= 15 is 0 Å². The van der Waals surface area contributed by atoms with Crippen molar-refractivity contribution in [2.24, 2.45) is 0 Å². The van der Waals surface area contributed by atoms with Crippen LogP contribution >= 0.6 is 0 Å². The average molecular weight is 451 g/mol. The monoisotopic (exact) mass is 450 g/mol. The van der Waals surface area contributed by atoms with E-state index in [2.05, 4.69) is 5.32 Å². The third-order valence-corrected chi connectivity index (χ3v) is 5.68. The molecule has 0 saturated carbocycles. The van der Waals surface area contributed by atoms with Gasteiger partial charge in [-0.1, -0.05) is 30.3 Å². The molecule has 2 rings (SSSR count). The molecular weight excluding hydrogens is 420 g/mol. The molecule has 0 atom stereocenters. The fourth-order valence-electron chi connectivity index (χ4n) is 2.96. The first-order chi connectivity index (χ1) is 14.8. The van der Waals surface area contributed by atoms with Crippen LogP contribution in [0.2, 0.25) is 0 Å². The second-order valence-electron chi connectivity index (χ2n) is 6.86. The molecule has 0 bridgehead atoms. The molecule has 0 heterocycles. The highest BCUT2D eigenvalue weighted by molar-refractivity contribution is 7.92. The molecule has 0 aromatic heterocycles. The van der Waals surface area contributed by atoms with Crippen LogP contribution in [0.4, 0.5) is 5.69 Å². The summed E-state index contributed by atoms with van der Waals surface area (Å²) in [4.78, 5) is 12.1. The predicted molar refractivity (Wildman–Crippen MR) is 120 cm³/mol. The first-order valence-electron chi connectivity index (χ1n) is 9.93. The molecule has 1 N–H and O–H groups in total. The number of hydrogen-bond donors (Lipinski definition) is 1. The maximum Gasteiger partial charge on any atom is 0.232 e. The van der Waals surface area contributed by atoms with Gasteiger partial charge in [-0.25, -0.2) is 8.42 Å². The zero-order chi connectivity index (χ0) is 22.7. The Morgan fingerprint density at radius 1 is 1.06 bits per heavy atom. The van der Waals surface area contributed by atoms with Crippen molar-refractivity contribution in [3.8, 4) is 11.5 Å². The first-order valence-corrected chi connectivity index (χ1v) is 11.8. The van der Waals surface area contributed by atoms with Crippen LogP contribution in [0.25, 0.3) is 0 Å². The van der Waals surface area contributed by atoms with Crippen molar-refractivity contribution in [3.05, 3.63) is 54.1 Å². The molecule has 0 fully saturated rings. The van der Waals surface area contributed by atoms with Crippen LogP contribution in [-0.4, -0.2) is 54.5 Å². The summed E-state index contributed by atoms with van der Waals surface area (Å²) in [5, 5.41) is 2.79. The Morgan fingerprint density at radius 3 is 2.45 bits per heavy atom. The number of rotatable bonds is 13. The van der Waals surface area contributed by atoms with Crippen molar-refractivity contribution in [1.82, 2.24) is 5.32 Å². The molecule has 31 heavy (non-hydrogen) atoms. The lowest BCUT2D eigenvalue weighted by atomic mass is 10.2. The Hall–Kier alpha value is -2.78. The van der Waals surface area contributed by atoms with Crippen LogP contribution in [0.15, 0.2) is 48.5 Å². The molecule has 8 nitrogen and oxygen atoms in total. The minimum absolute atomic E-state index is 0.139. The highest BCUT2D eigenvalue weighted by Crippen LogP contribution is 2.33. The van der Waals surface area contributed by atoms with Gasteiger partial charge < -0.3 is 19.5 Å². The van der Waals surface area contributed by atoms with Gasteiger partial charge in [0.05, 0.1) is 39.4 Å². The van der Waals surface area contributed by atoms with Gasteiger partial charge in [-0.3, -0.25) is 9.10 Å². The molecule has 0 unspecified atom stereocenters. The van der Waals surface area contributed by atoms with Crippen molar-refractivity contribution in [3.63, 3.8) is 0 Å². The standard InChI is InChI=1S/C22H30N2O6S/c1-28-19-11-12-21(29-2)20(16-19)24(31(3,26)27)14-7-10-22(25)23-13-15-30-17-18-8-5-4-6-9-18/h4-6,8-9,11-12,16H,7,10,13-15,17H2,1-3H3,(H,23,25). The number of benzene rings is 2. The van der Waals surface area contributed by atoms with Gasteiger partial charge in [-0.2, -0.15) is 0 Å². The minimum Gasteiger partial charge on any atom is -0.497 e. The second-order valence-corrected chi connectivity index (χ2v) is 8.77. The van der Waals surface area contributed by atoms with E-state index in [0.29, 0.717) is 43.4 Å². The molecular formula is C22H30N2O6S. The topological polar surface area (TPSA) is 94.2 Å². The van der Waals surface area contributed by atoms with E-state index in [1.165, 1.54) is 18.5 Å². The Labute approximate surface area is 184 Å². The van der Waals surface area contributed by atoms with Gasteiger partial charge in [0.1, 0.15) is 11.5 Å². The highest BCUT2D eigenvalue weighted by atomic mass is 32.2. The lowest BCUT2D eigenvalue weighted by molar-refractivity contribution is -0.121. The van der Waals surface area contributed by atoms with E-state index in [4.69, 9.17) is 14.2 Å². The molecule has 9 heteroatoms. The molecule has 170 valence electrons. The van der Waals surface area contributed by atoms with E-state index in [0.717, 1.165) is 11.8 Å². The predicted octanol–water partition coefficient (Wildman–Crippen LogP) is 2.58. The fourth-order valence-corrected chi connectivity index (χ4v) is 3.92. The summed E-state index contributed by atoms with van der Waals surface area (Å²) in [7, 11) is -0.603. The van der Waals surface area contributed by atoms with Crippen molar-refractivity contribution in [2.75, 3.05) is 44.5 Å². The number of hydrogen-bond acceptors (Lipinski definition) is 6. The summed E-state index contributed by atoms with van der Waals surface area (Å²) in [5.41, 5.74) is 1.45. The Balaban J connectivity index is 1.82. The highest BCUT2D eigenvalue weighted by Gasteiger charge is 2.22. The van der Waals surface area contributed by atoms with Gasteiger partial charge in [0, 0.05) is 25.6 Å². The molecule has 0 spiro atoms. The minimum atomic E-state index is -3.58. The molecule has 0 aliphatic carbocycles. The summed E-state index contributed by atoms with van der Waals surface area (Å²) in [6.07, 6.45) is 1.66. The summed E-state index contributed by atoms with van der Waals surface area (Å²) in [5.74, 6) is 0.762. The number of amides is 1. The van der Waals surface area contributed by atoms with Crippen molar-refractivity contribution in [1.29, 1.82) is 0 Å². The number of carbonyl (C=O) groups is 1. The molecule has 2 aromatic carbocycles. The van der Waals surface area contributed by atoms with Crippen LogP contribution in [-0.2, 0) is 26.2 Å². The van der Waals surface area contributed by atoms with Crippen LogP contribution in [0.1, 0.15) is 18.4 Å². The van der Waals surface area contributed by atoms with Crippen molar-refractivity contribution < 1.29 is 27.4 Å². The quantitative estimate of drug-likeness (QED) is 0.472. The SMILES string of the molecule is COc1ccc(OC)c(N(CCCC(=O)NCCOCc2ccccc2)S(C)(=O)=O)c1. The average Bonchev–Trinajstić information content (AvgIpc) is 2.76. The lowest BCUT2D eigenvalue weighted by Crippen LogP contribution is -2.33. The number of nitrogens with one attached hydrogen (secondary N) is 1. The van der Waals surface area contributed by atoms with Gasteiger partial charge in [-0.05, 0) is 24.1 Å². The Bertz CT molecular complexity index is 934. The molecule has 0 radical (unpaired) electrons. The second kappa shape index (κ2) is 12.2. The van der Waals surface area contributed by atoms with Crippen molar-refractivity contribution >= 4 is 21.6 Å². The van der Waals surface area contributed by atoms with E-state index < -0.39 is 10.0 Å². The van der Waals surface area contributed by atoms with Gasteiger partial charge in [0.25, 0.3) is 0 Å². The summed E-state index contributed by atoms with van der Waals surface area (Å²) < 4.78 is 42.0. The van der Waals surface area contributed by atoms with Gasteiger partial charge >= 0.3 is 0 Å². The maximum absolute atomic E-state index is 12.3. The zero-order valence-corrected chi connectivity index (χ0v) is 19.0. The molecule has 0 aliphatic heterocycles. The van der Waals surface area contributed by atoms with Crippen LogP contribution in [0.3, 0.4) is 0 Å². The van der Waals surface area contributed by atoms with Gasteiger partial charge in [0.2, 0.25) is 15.9 Å². The van der Waals surface area contributed by atoms with Crippen LogP contribution < -0.4 is 19.1 Å². The Kier molecular flexibility index (Phi) is 9.61. The third-order valence-electron chi connectivity index (χ3n) is 4.50. The van der Waals surface area contributed by atoms with E-state index in [-0.39, 0.29) is 18.9 Å². The lowest BCUT2D eigenvalue weighted by Gasteiger charge is -2.24. The number of sulfonamides is 1. The fraction of sp³-hybridized carbons (Fsp3) is 0.409. The number of nitrogens with zero attached hydrogens (tertiary/aromatic N) is 1. The number of ether oxygens (including phenoxy) is 3. The van der Waals surface area contributed by atoms with Crippen molar-refractivity contribution in [2.45, 2.75) is 19.4 Å². The number of anilines is 1. The summed E-state index contributed by atoms with van der Waals surface area (Å²) in [6.45, 7) is 1.42. The molecule has 2 aromatic rings. The summed E-state index contributed by atoms with van der Waals surface area (Å²) >= 11 is 0. The third kappa shape index (κ3) is 8.10. The summed E-state index contributed by atoms with van der Waals surface area (Å²) in [6, 6.07) is 14.7. The van der Waals surface area contributed by atoms with E-state index in [9.17, 15) is 13.2 Å². The van der Waals surface area contributed by atoms with Crippen LogP contribution in [0, 0.1) is 0 Å². The smallest absolute Gasteiger partial charge is 0.232 e. The molecule has 0 aliphatic rings. The normalized spacial score (nSPS) is 11.1. The van der Waals surface area contributed by atoms with Gasteiger partial charge in [-0.15, -0.1) is 0 Å². The molecule has 1 amide bonds.